The number of carbonyl (C=O) groups excluding carboxylic acids is 5. The quantitative estimate of drug-likeness (QED) is 0.161. The minimum atomic E-state index is -0.997. The third-order valence-corrected chi connectivity index (χ3v) is 11.9. The number of fused-ring (bicyclic) bond motifs is 2. The van der Waals surface area contributed by atoms with Gasteiger partial charge in [0.2, 0.25) is 11.8 Å². The second-order valence-electron chi connectivity index (χ2n) is 15.5. The van der Waals surface area contributed by atoms with Gasteiger partial charge in [-0.3, -0.25) is 39.1 Å². The lowest BCUT2D eigenvalue weighted by Gasteiger charge is -2.34. The Balaban J connectivity index is 0.768. The van der Waals surface area contributed by atoms with Crippen molar-refractivity contribution in [3.05, 3.63) is 89.0 Å². The number of rotatable bonds is 10. The molecule has 3 saturated heterocycles. The first-order valence-electron chi connectivity index (χ1n) is 19.7. The molecular weight excluding hydrogens is 727 g/mol. The van der Waals surface area contributed by atoms with Crippen LogP contribution in [0.2, 0.25) is 0 Å². The number of hydrogen-bond donors (Lipinski definition) is 3. The number of aryl methyl sites for hydroxylation is 1. The van der Waals surface area contributed by atoms with Crippen LogP contribution in [-0.4, -0.2) is 91.2 Å². The summed E-state index contributed by atoms with van der Waals surface area (Å²) >= 11 is 0. The van der Waals surface area contributed by atoms with Gasteiger partial charge in [-0.25, -0.2) is 4.98 Å². The first-order valence-corrected chi connectivity index (χ1v) is 19.7. The number of H-pyrrole nitrogens is 1. The van der Waals surface area contributed by atoms with Gasteiger partial charge in [0.1, 0.15) is 11.9 Å². The van der Waals surface area contributed by atoms with Gasteiger partial charge in [-0.05, 0) is 113 Å². The monoisotopic (exact) mass is 769 g/mol. The summed E-state index contributed by atoms with van der Waals surface area (Å²) in [6.07, 6.45) is 5.89. The van der Waals surface area contributed by atoms with E-state index in [0.717, 1.165) is 59.7 Å². The average Bonchev–Trinajstić information content (AvgIpc) is 4.01. The molecule has 3 N–H and O–H groups in total. The van der Waals surface area contributed by atoms with Crippen LogP contribution in [0.1, 0.15) is 94.6 Å². The van der Waals surface area contributed by atoms with Crippen LogP contribution in [0, 0.1) is 5.92 Å². The number of nitrogens with one attached hydrogen (secondary N) is 3. The van der Waals surface area contributed by atoms with E-state index in [1.54, 1.807) is 36.4 Å². The zero-order valence-electron chi connectivity index (χ0n) is 31.6. The third-order valence-electron chi connectivity index (χ3n) is 11.9. The maximum Gasteiger partial charge on any atom is 0.264 e. The third kappa shape index (κ3) is 7.18. The lowest BCUT2D eigenvalue weighted by molar-refractivity contribution is -0.136. The van der Waals surface area contributed by atoms with Crippen LogP contribution in [0.3, 0.4) is 0 Å². The molecule has 0 saturated carbocycles. The molecule has 4 aliphatic rings. The summed E-state index contributed by atoms with van der Waals surface area (Å²) in [4.78, 5) is 82.6. The molecule has 57 heavy (non-hydrogen) atoms. The standard InChI is InChI=1S/C42H43N9O6/c1-24-4-3-19-50(24)23-35-44-30-13-12-28(22-31(30)45-35)43-38(53)26-8-10-27(11-9-26)40-46-34(48-57-40)15-7-25-17-20-49(21-18-25)32-6-2-5-29-37(32)42(56)51(41(29)55)33-14-16-36(52)47-39(33)54/h2,5-6,8-13,22,24-25,33H,3-4,7,14-21,23H2,1H3,(H,43,53)(H,44,45)(H,47,52,54)/t24-,33?/m0/s1. The van der Waals surface area contributed by atoms with Crippen LogP contribution in [0.15, 0.2) is 65.2 Å². The lowest BCUT2D eigenvalue weighted by Crippen LogP contribution is -2.54. The molecule has 2 aromatic heterocycles. The van der Waals surface area contributed by atoms with E-state index >= 15 is 0 Å². The van der Waals surface area contributed by atoms with E-state index in [1.165, 1.54) is 12.8 Å². The molecule has 3 fully saturated rings. The van der Waals surface area contributed by atoms with Gasteiger partial charge < -0.3 is 19.7 Å². The highest BCUT2D eigenvalue weighted by atomic mass is 16.5. The Kier molecular flexibility index (Phi) is 9.60. The maximum absolute atomic E-state index is 13.6. The molecule has 4 aliphatic heterocycles. The summed E-state index contributed by atoms with van der Waals surface area (Å²) in [5, 5.41) is 9.45. The van der Waals surface area contributed by atoms with Crippen LogP contribution in [0.25, 0.3) is 22.5 Å². The highest BCUT2D eigenvalue weighted by Gasteiger charge is 2.46. The SMILES string of the molecule is C[C@H]1CCCN1Cc1nc2ccc(NC(=O)c3ccc(-c4nc(CCC5CCN(c6cccc7c6C(=O)N(C6CCC(=O)NC6=O)C7=O)CC5)no4)cc3)cc2[nH]1. The lowest BCUT2D eigenvalue weighted by atomic mass is 9.91. The fraction of sp³-hybridized carbons (Fsp3) is 0.381. The van der Waals surface area contributed by atoms with Crippen molar-refractivity contribution in [2.75, 3.05) is 29.9 Å². The van der Waals surface area contributed by atoms with Crippen LogP contribution in [0.5, 0.6) is 0 Å². The van der Waals surface area contributed by atoms with Crippen LogP contribution < -0.4 is 15.5 Å². The van der Waals surface area contributed by atoms with Gasteiger partial charge in [-0.1, -0.05) is 11.2 Å². The Morgan fingerprint density at radius 3 is 2.53 bits per heavy atom. The zero-order chi connectivity index (χ0) is 39.2. The van der Waals surface area contributed by atoms with Gasteiger partial charge in [0, 0.05) is 48.8 Å². The molecule has 5 aromatic rings. The van der Waals surface area contributed by atoms with Crippen molar-refractivity contribution in [2.45, 2.75) is 76.9 Å². The van der Waals surface area contributed by atoms with Gasteiger partial charge in [0.15, 0.2) is 5.82 Å². The molecule has 292 valence electrons. The number of amides is 5. The smallest absolute Gasteiger partial charge is 0.264 e. The normalized spacial score (nSPS) is 20.4. The summed E-state index contributed by atoms with van der Waals surface area (Å²) < 4.78 is 5.59. The van der Waals surface area contributed by atoms with Crippen molar-refractivity contribution in [2.24, 2.45) is 5.92 Å². The Hall–Kier alpha value is -6.22. The average molecular weight is 770 g/mol. The Morgan fingerprint density at radius 2 is 1.75 bits per heavy atom. The van der Waals surface area contributed by atoms with Crippen molar-refractivity contribution < 1.29 is 28.5 Å². The molecule has 6 heterocycles. The molecule has 15 heteroatoms. The number of piperidine rings is 2. The minimum Gasteiger partial charge on any atom is -0.371 e. The minimum absolute atomic E-state index is 0.0778. The summed E-state index contributed by atoms with van der Waals surface area (Å²) in [6.45, 7) is 5.53. The second-order valence-corrected chi connectivity index (χ2v) is 15.5. The fourth-order valence-electron chi connectivity index (χ4n) is 8.63. The first-order chi connectivity index (χ1) is 27.7. The highest BCUT2D eigenvalue weighted by molar-refractivity contribution is 6.25. The van der Waals surface area contributed by atoms with Crippen molar-refractivity contribution in [3.63, 3.8) is 0 Å². The van der Waals surface area contributed by atoms with Gasteiger partial charge in [0.25, 0.3) is 23.6 Å². The number of anilines is 2. The summed E-state index contributed by atoms with van der Waals surface area (Å²) in [5.41, 5.74) is 4.96. The Bertz CT molecular complexity index is 2400. The molecule has 0 spiro atoms. The Morgan fingerprint density at radius 1 is 0.930 bits per heavy atom. The van der Waals surface area contributed by atoms with Gasteiger partial charge in [0.05, 0.1) is 34.4 Å². The van der Waals surface area contributed by atoms with Crippen LogP contribution >= 0.6 is 0 Å². The van der Waals surface area contributed by atoms with E-state index in [4.69, 9.17) is 9.51 Å². The first kappa shape index (κ1) is 36.4. The van der Waals surface area contributed by atoms with Crippen molar-refractivity contribution in [1.29, 1.82) is 0 Å². The number of imide groups is 2. The summed E-state index contributed by atoms with van der Waals surface area (Å²) in [6, 6.07) is 17.6. The van der Waals surface area contributed by atoms with E-state index in [-0.39, 0.29) is 24.3 Å². The molecule has 15 nitrogen and oxygen atoms in total. The number of nitrogens with zero attached hydrogens (tertiary/aromatic N) is 6. The molecule has 2 atom stereocenters. The van der Waals surface area contributed by atoms with Crippen LogP contribution in [-0.2, 0) is 22.6 Å². The second kappa shape index (κ2) is 15.0. The van der Waals surface area contributed by atoms with Gasteiger partial charge in [-0.2, -0.15) is 4.98 Å². The number of likely N-dealkylation sites (tertiary alicyclic amines) is 1. The molecule has 3 aromatic carbocycles. The van der Waals surface area contributed by atoms with Crippen molar-refractivity contribution in [3.8, 4) is 11.5 Å². The predicted octanol–water partition coefficient (Wildman–Crippen LogP) is 5.10. The van der Waals surface area contributed by atoms with E-state index in [0.29, 0.717) is 65.7 Å². The van der Waals surface area contributed by atoms with E-state index in [9.17, 15) is 24.0 Å². The number of aromatic nitrogens is 4. The van der Waals surface area contributed by atoms with Gasteiger partial charge >= 0.3 is 0 Å². The van der Waals surface area contributed by atoms with E-state index < -0.39 is 29.7 Å². The van der Waals surface area contributed by atoms with Crippen molar-refractivity contribution >= 4 is 51.9 Å². The van der Waals surface area contributed by atoms with Crippen molar-refractivity contribution in [1.82, 2.24) is 35.2 Å². The molecule has 0 bridgehead atoms. The topological polar surface area (TPSA) is 187 Å². The predicted molar refractivity (Wildman–Crippen MR) is 209 cm³/mol. The Labute approximate surface area is 328 Å². The largest absolute Gasteiger partial charge is 0.371 e. The molecule has 5 amide bonds. The fourth-order valence-corrected chi connectivity index (χ4v) is 8.63. The summed E-state index contributed by atoms with van der Waals surface area (Å²) in [5.74, 6) is 0.0925. The number of benzene rings is 3. The number of imidazole rings is 1. The molecule has 9 rings (SSSR count). The molecule has 1 unspecified atom stereocenters. The molecular formula is C42H43N9O6. The zero-order valence-corrected chi connectivity index (χ0v) is 31.6. The maximum atomic E-state index is 13.6. The van der Waals surface area contributed by atoms with E-state index in [1.807, 2.05) is 24.3 Å². The molecule has 0 radical (unpaired) electrons. The molecule has 0 aliphatic carbocycles. The van der Waals surface area contributed by atoms with E-state index in [2.05, 4.69) is 42.5 Å². The number of carbonyl (C=O) groups is 5. The highest BCUT2D eigenvalue weighted by Crippen LogP contribution is 2.36. The summed E-state index contributed by atoms with van der Waals surface area (Å²) in [7, 11) is 0. The number of aromatic amines is 1. The number of hydrogen-bond acceptors (Lipinski definition) is 11. The van der Waals surface area contributed by atoms with Gasteiger partial charge in [-0.15, -0.1) is 0 Å². The van der Waals surface area contributed by atoms with Crippen LogP contribution in [0.4, 0.5) is 11.4 Å².